The molecule has 0 saturated carbocycles. The lowest BCUT2D eigenvalue weighted by Crippen LogP contribution is -2.21. The van der Waals surface area contributed by atoms with Crippen molar-refractivity contribution < 1.29 is 23.4 Å². The predicted octanol–water partition coefficient (Wildman–Crippen LogP) is 2.94. The highest BCUT2D eigenvalue weighted by Gasteiger charge is 2.30. The molecule has 2 heterocycles. The van der Waals surface area contributed by atoms with Crippen LogP contribution in [0.2, 0.25) is 0 Å². The molecule has 1 aromatic carbocycles. The number of aryl methyl sites for hydroxylation is 2. The highest BCUT2D eigenvalue weighted by atomic mass is 19.1. The van der Waals surface area contributed by atoms with Gasteiger partial charge in [0, 0.05) is 12.1 Å². The topological polar surface area (TPSA) is 101 Å². The number of aromatic hydroxyl groups is 2. The molecule has 0 spiro atoms. The first-order chi connectivity index (χ1) is 12.3. The van der Waals surface area contributed by atoms with E-state index in [0.29, 0.717) is 5.56 Å². The van der Waals surface area contributed by atoms with Gasteiger partial charge in [-0.15, -0.1) is 0 Å². The summed E-state index contributed by atoms with van der Waals surface area (Å²) in [5.41, 5.74) is -1.97. The summed E-state index contributed by atoms with van der Waals surface area (Å²) in [6.07, 6.45) is 0. The molecule has 3 aromatic rings. The van der Waals surface area contributed by atoms with Crippen LogP contribution in [0.15, 0.2) is 54.8 Å². The van der Waals surface area contributed by atoms with Crippen LogP contribution >= 0.6 is 0 Å². The van der Waals surface area contributed by atoms with Crippen LogP contribution in [0.25, 0.3) is 0 Å². The van der Waals surface area contributed by atoms with E-state index in [2.05, 4.69) is 0 Å². The first-order valence-corrected chi connectivity index (χ1v) is 7.70. The SMILES string of the molecule is Cc1cc(O)c(C(c2ccc(F)cc2)c2c(O)cc(C)oc2=O)c(=O)o1. The number of hydrogen-bond donors (Lipinski definition) is 2. The monoisotopic (exact) mass is 358 g/mol. The maximum absolute atomic E-state index is 13.3. The summed E-state index contributed by atoms with van der Waals surface area (Å²) in [7, 11) is 0. The maximum atomic E-state index is 13.3. The van der Waals surface area contributed by atoms with Gasteiger partial charge in [0.05, 0.1) is 17.0 Å². The van der Waals surface area contributed by atoms with Crippen LogP contribution in [0.4, 0.5) is 4.39 Å². The minimum absolute atomic E-state index is 0.175. The van der Waals surface area contributed by atoms with E-state index in [-0.39, 0.29) is 22.6 Å². The molecular weight excluding hydrogens is 343 g/mol. The van der Waals surface area contributed by atoms with Crippen LogP contribution in [0, 0.1) is 19.7 Å². The van der Waals surface area contributed by atoms with Gasteiger partial charge in [0.2, 0.25) is 0 Å². The van der Waals surface area contributed by atoms with E-state index in [1.165, 1.54) is 38.1 Å². The van der Waals surface area contributed by atoms with Crippen LogP contribution in [-0.4, -0.2) is 10.2 Å². The first kappa shape index (κ1) is 17.5. The van der Waals surface area contributed by atoms with E-state index < -0.39 is 34.5 Å². The summed E-state index contributed by atoms with van der Waals surface area (Å²) in [4.78, 5) is 24.8. The molecule has 0 aliphatic heterocycles. The maximum Gasteiger partial charge on any atom is 0.343 e. The number of rotatable bonds is 3. The second kappa shape index (κ2) is 6.51. The Bertz CT molecular complexity index is 1010. The summed E-state index contributed by atoms with van der Waals surface area (Å²) in [5.74, 6) is -2.19. The highest BCUT2D eigenvalue weighted by Crippen LogP contribution is 2.37. The van der Waals surface area contributed by atoms with E-state index >= 15 is 0 Å². The molecule has 6 nitrogen and oxygen atoms in total. The lowest BCUT2D eigenvalue weighted by Gasteiger charge is -2.18. The molecule has 0 unspecified atom stereocenters. The molecule has 0 aliphatic rings. The van der Waals surface area contributed by atoms with Crippen LogP contribution in [0.1, 0.15) is 34.1 Å². The Morgan fingerprint density at radius 2 is 1.27 bits per heavy atom. The average Bonchev–Trinajstić information content (AvgIpc) is 2.52. The summed E-state index contributed by atoms with van der Waals surface area (Å²) in [6.45, 7) is 2.96. The molecule has 26 heavy (non-hydrogen) atoms. The second-order valence-corrected chi connectivity index (χ2v) is 5.87. The van der Waals surface area contributed by atoms with E-state index in [4.69, 9.17) is 8.83 Å². The van der Waals surface area contributed by atoms with E-state index in [1.807, 2.05) is 0 Å². The summed E-state index contributed by atoms with van der Waals surface area (Å²) in [6, 6.07) is 7.42. The molecule has 0 amide bonds. The van der Waals surface area contributed by atoms with Crippen molar-refractivity contribution in [3.05, 3.63) is 91.3 Å². The normalized spacial score (nSPS) is 11.1. The van der Waals surface area contributed by atoms with Gasteiger partial charge in [-0.05, 0) is 31.5 Å². The minimum atomic E-state index is -1.20. The van der Waals surface area contributed by atoms with Gasteiger partial charge in [0.25, 0.3) is 0 Å². The standard InChI is InChI=1S/C19H15FO6/c1-9-7-13(21)16(18(23)25-9)15(11-3-5-12(20)6-4-11)17-14(22)8-10(2)26-19(17)24/h3-8,15,21-22H,1-2H3. The molecule has 2 N–H and O–H groups in total. The summed E-state index contributed by atoms with van der Waals surface area (Å²) in [5, 5.41) is 20.6. The third-order valence-electron chi connectivity index (χ3n) is 3.96. The fourth-order valence-corrected chi connectivity index (χ4v) is 2.88. The Balaban J connectivity index is 2.38. The number of hydrogen-bond acceptors (Lipinski definition) is 6. The molecule has 2 aromatic heterocycles. The van der Waals surface area contributed by atoms with Crippen molar-refractivity contribution in [2.45, 2.75) is 19.8 Å². The first-order valence-electron chi connectivity index (χ1n) is 7.70. The largest absolute Gasteiger partial charge is 0.507 e. The third-order valence-corrected chi connectivity index (χ3v) is 3.96. The van der Waals surface area contributed by atoms with Crippen molar-refractivity contribution in [1.29, 1.82) is 0 Å². The lowest BCUT2D eigenvalue weighted by molar-refractivity contribution is 0.407. The molecule has 3 rings (SSSR count). The van der Waals surface area contributed by atoms with Gasteiger partial charge < -0.3 is 19.0 Å². The van der Waals surface area contributed by atoms with Gasteiger partial charge in [-0.25, -0.2) is 14.0 Å². The predicted molar refractivity (Wildman–Crippen MR) is 90.1 cm³/mol. The van der Waals surface area contributed by atoms with Gasteiger partial charge in [-0.1, -0.05) is 12.1 Å². The van der Waals surface area contributed by atoms with Crippen molar-refractivity contribution in [2.75, 3.05) is 0 Å². The van der Waals surface area contributed by atoms with Crippen LogP contribution in [0.5, 0.6) is 11.5 Å². The molecule has 0 radical (unpaired) electrons. The number of benzene rings is 1. The van der Waals surface area contributed by atoms with Crippen molar-refractivity contribution in [3.8, 4) is 11.5 Å². The van der Waals surface area contributed by atoms with Gasteiger partial charge in [-0.2, -0.15) is 0 Å². The van der Waals surface area contributed by atoms with Crippen molar-refractivity contribution >= 4 is 0 Å². The highest BCUT2D eigenvalue weighted by molar-refractivity contribution is 5.50. The average molecular weight is 358 g/mol. The zero-order valence-corrected chi connectivity index (χ0v) is 13.9. The molecule has 0 aliphatic carbocycles. The van der Waals surface area contributed by atoms with Gasteiger partial charge >= 0.3 is 11.3 Å². The fourth-order valence-electron chi connectivity index (χ4n) is 2.88. The van der Waals surface area contributed by atoms with Crippen molar-refractivity contribution in [3.63, 3.8) is 0 Å². The Labute approximate surface area is 146 Å². The molecule has 0 bridgehead atoms. The molecule has 0 fully saturated rings. The van der Waals surface area contributed by atoms with Crippen molar-refractivity contribution in [1.82, 2.24) is 0 Å². The van der Waals surface area contributed by atoms with E-state index in [9.17, 15) is 24.2 Å². The molecule has 0 saturated heterocycles. The quantitative estimate of drug-likeness (QED) is 0.747. The molecule has 134 valence electrons. The Morgan fingerprint density at radius 3 is 1.65 bits per heavy atom. The Kier molecular flexibility index (Phi) is 4.38. The second-order valence-electron chi connectivity index (χ2n) is 5.87. The Hall–Kier alpha value is -3.35. The number of halogens is 1. The molecule has 7 heteroatoms. The van der Waals surface area contributed by atoms with Crippen molar-refractivity contribution in [2.24, 2.45) is 0 Å². The Morgan fingerprint density at radius 1 is 0.846 bits per heavy atom. The van der Waals surface area contributed by atoms with Crippen LogP contribution in [-0.2, 0) is 0 Å². The summed E-state index contributed by atoms with van der Waals surface area (Å²) < 4.78 is 23.4. The summed E-state index contributed by atoms with van der Waals surface area (Å²) >= 11 is 0. The van der Waals surface area contributed by atoms with Gasteiger partial charge in [0.1, 0.15) is 28.8 Å². The zero-order chi connectivity index (χ0) is 19.0. The molecule has 0 atom stereocenters. The third kappa shape index (κ3) is 3.11. The minimum Gasteiger partial charge on any atom is -0.507 e. The van der Waals surface area contributed by atoms with Crippen LogP contribution < -0.4 is 11.3 Å². The lowest BCUT2D eigenvalue weighted by atomic mass is 9.85. The van der Waals surface area contributed by atoms with Gasteiger partial charge in [0.15, 0.2) is 0 Å². The van der Waals surface area contributed by atoms with E-state index in [0.717, 1.165) is 12.1 Å². The molecular formula is C19H15FO6. The van der Waals surface area contributed by atoms with Gasteiger partial charge in [-0.3, -0.25) is 0 Å². The zero-order valence-electron chi connectivity index (χ0n) is 13.9. The fraction of sp³-hybridized carbons (Fsp3) is 0.158. The van der Waals surface area contributed by atoms with Crippen LogP contribution in [0.3, 0.4) is 0 Å². The smallest absolute Gasteiger partial charge is 0.343 e. The van der Waals surface area contributed by atoms with E-state index in [1.54, 1.807) is 0 Å².